The third-order valence-electron chi connectivity index (χ3n) is 3.04. The molecule has 0 saturated carbocycles. The molecule has 0 amide bonds. The number of rotatable bonds is 10. The van der Waals surface area contributed by atoms with Gasteiger partial charge < -0.3 is 9.47 Å². The number of benzene rings is 1. The van der Waals surface area contributed by atoms with E-state index in [0.717, 1.165) is 5.56 Å². The first-order valence-electron chi connectivity index (χ1n) is 7.14. The molecule has 5 heteroatoms. The van der Waals surface area contributed by atoms with Crippen molar-refractivity contribution in [3.05, 3.63) is 65.6 Å². The van der Waals surface area contributed by atoms with Crippen molar-refractivity contribution in [2.45, 2.75) is 24.3 Å². The normalized spacial score (nSPS) is 14.6. The third-order valence-corrected chi connectivity index (χ3v) is 4.16. The highest BCUT2D eigenvalue weighted by Gasteiger charge is 2.12. The minimum atomic E-state index is -1.29. The summed E-state index contributed by atoms with van der Waals surface area (Å²) in [6, 6.07) is 7.46. The molecule has 2 atom stereocenters. The van der Waals surface area contributed by atoms with E-state index in [9.17, 15) is 9.00 Å². The second-order valence-corrected chi connectivity index (χ2v) is 6.14. The Morgan fingerprint density at radius 2 is 2.04 bits per heavy atom. The molecule has 0 aliphatic heterocycles. The molecule has 23 heavy (non-hydrogen) atoms. The lowest BCUT2D eigenvalue weighted by Gasteiger charge is -2.16. The zero-order chi connectivity index (χ0) is 17.1. The predicted octanol–water partition coefficient (Wildman–Crippen LogP) is 3.31. The van der Waals surface area contributed by atoms with E-state index in [-0.39, 0.29) is 12.9 Å². The first-order chi connectivity index (χ1) is 11.1. The molecule has 124 valence electrons. The predicted molar refractivity (Wildman–Crippen MR) is 92.4 cm³/mol. The molecule has 0 saturated heterocycles. The largest absolute Gasteiger partial charge is 0.359 e. The van der Waals surface area contributed by atoms with Crippen molar-refractivity contribution in [3.8, 4) is 0 Å². The van der Waals surface area contributed by atoms with Gasteiger partial charge in [-0.15, -0.1) is 6.58 Å². The molecule has 0 bridgehead atoms. The van der Waals surface area contributed by atoms with Crippen LogP contribution >= 0.6 is 0 Å². The van der Waals surface area contributed by atoms with Crippen LogP contribution in [0.4, 0.5) is 0 Å². The van der Waals surface area contributed by atoms with Crippen LogP contribution in [0, 0.1) is 6.92 Å². The minimum absolute atomic E-state index is 0.101. The summed E-state index contributed by atoms with van der Waals surface area (Å²) < 4.78 is 22.7. The molecule has 0 spiro atoms. The van der Waals surface area contributed by atoms with Gasteiger partial charge in [-0.05, 0) is 43.2 Å². The first-order valence-corrected chi connectivity index (χ1v) is 8.36. The third kappa shape index (κ3) is 6.86. The summed E-state index contributed by atoms with van der Waals surface area (Å²) in [5.74, 6) is 0. The molecular weight excluding hydrogens is 312 g/mol. The SMILES string of the molecule is C=CC[C@@H](OCOC)C(/C=C\[S@@](=O)c1ccc(C)cc1)=C\C=O. The van der Waals surface area contributed by atoms with Crippen LogP contribution in [-0.2, 0) is 25.1 Å². The molecule has 0 fully saturated rings. The van der Waals surface area contributed by atoms with Gasteiger partial charge >= 0.3 is 0 Å². The van der Waals surface area contributed by atoms with Gasteiger partial charge in [0.05, 0.1) is 16.9 Å². The van der Waals surface area contributed by atoms with E-state index in [1.165, 1.54) is 13.2 Å². The summed E-state index contributed by atoms with van der Waals surface area (Å²) in [7, 11) is 0.232. The molecule has 1 rings (SSSR count). The summed E-state index contributed by atoms with van der Waals surface area (Å²) in [5, 5.41) is 1.55. The van der Waals surface area contributed by atoms with Crippen molar-refractivity contribution in [2.75, 3.05) is 13.9 Å². The van der Waals surface area contributed by atoms with Crippen molar-refractivity contribution in [3.63, 3.8) is 0 Å². The average Bonchev–Trinajstić information content (AvgIpc) is 2.56. The number of methoxy groups -OCH3 is 1. The highest BCUT2D eigenvalue weighted by molar-refractivity contribution is 7.88. The number of allylic oxidation sites excluding steroid dienone is 1. The Hall–Kier alpha value is -1.82. The molecule has 0 aliphatic rings. The Kier molecular flexibility index (Phi) is 9.05. The van der Waals surface area contributed by atoms with Gasteiger partial charge in [-0.2, -0.15) is 0 Å². The Bertz CT molecular complexity index is 588. The van der Waals surface area contributed by atoms with Crippen LogP contribution in [0.5, 0.6) is 0 Å². The standard InChI is InChI=1S/C18H22O4S/c1-4-5-18(22-14-21-3)16(10-12-19)11-13-23(20)17-8-6-15(2)7-9-17/h4,6-13,18H,1,5,14H2,2-3H3/b13-11-,16-10-/t18-,23-/m1/s1. The second kappa shape index (κ2) is 10.8. The number of ether oxygens (including phenoxy) is 2. The van der Waals surface area contributed by atoms with E-state index < -0.39 is 10.8 Å². The van der Waals surface area contributed by atoms with Crippen LogP contribution in [0.25, 0.3) is 0 Å². The quantitative estimate of drug-likeness (QED) is 0.217. The molecule has 0 aliphatic carbocycles. The molecule has 0 N–H and O–H groups in total. The number of hydrogen-bond acceptors (Lipinski definition) is 4. The van der Waals surface area contributed by atoms with Crippen LogP contribution in [0.15, 0.2) is 64.9 Å². The fraction of sp³-hybridized carbons (Fsp3) is 0.278. The molecule has 0 heterocycles. The smallest absolute Gasteiger partial charge is 0.147 e. The molecule has 4 nitrogen and oxygen atoms in total. The van der Waals surface area contributed by atoms with E-state index in [0.29, 0.717) is 23.2 Å². The minimum Gasteiger partial charge on any atom is -0.359 e. The molecule has 0 radical (unpaired) electrons. The van der Waals surface area contributed by atoms with Crippen molar-refractivity contribution in [1.82, 2.24) is 0 Å². The summed E-state index contributed by atoms with van der Waals surface area (Å²) in [4.78, 5) is 11.6. The van der Waals surface area contributed by atoms with Crippen molar-refractivity contribution in [2.24, 2.45) is 0 Å². The fourth-order valence-electron chi connectivity index (χ4n) is 1.84. The van der Waals surface area contributed by atoms with Gasteiger partial charge in [0, 0.05) is 17.4 Å². The Balaban J connectivity index is 2.90. The first kappa shape index (κ1) is 19.2. The Morgan fingerprint density at radius 1 is 1.35 bits per heavy atom. The highest BCUT2D eigenvalue weighted by atomic mass is 32.2. The monoisotopic (exact) mass is 334 g/mol. The van der Waals surface area contributed by atoms with Crippen molar-refractivity contribution < 1.29 is 18.5 Å². The number of hydrogen-bond donors (Lipinski definition) is 0. The molecule has 0 unspecified atom stereocenters. The second-order valence-electron chi connectivity index (χ2n) is 4.80. The lowest BCUT2D eigenvalue weighted by Crippen LogP contribution is -2.16. The van der Waals surface area contributed by atoms with Crippen LogP contribution in [0.1, 0.15) is 12.0 Å². The summed E-state index contributed by atoms with van der Waals surface area (Å²) >= 11 is 0. The average molecular weight is 334 g/mol. The van der Waals surface area contributed by atoms with Crippen molar-refractivity contribution >= 4 is 17.1 Å². The molecular formula is C18H22O4S. The molecule has 1 aromatic rings. The van der Waals surface area contributed by atoms with Gasteiger partial charge in [0.1, 0.15) is 13.1 Å². The van der Waals surface area contributed by atoms with E-state index in [1.54, 1.807) is 17.6 Å². The Morgan fingerprint density at radius 3 is 2.61 bits per heavy atom. The van der Waals surface area contributed by atoms with Crippen LogP contribution in [-0.4, -0.2) is 30.5 Å². The van der Waals surface area contributed by atoms with Gasteiger partial charge in [0.2, 0.25) is 0 Å². The number of carbonyl (C=O) groups is 1. The maximum atomic E-state index is 12.3. The van der Waals surface area contributed by atoms with Crippen LogP contribution in [0.3, 0.4) is 0 Å². The summed E-state index contributed by atoms with van der Waals surface area (Å²) in [6.45, 7) is 5.76. The van der Waals surface area contributed by atoms with Crippen LogP contribution in [0.2, 0.25) is 0 Å². The molecule has 0 aromatic heterocycles. The lowest BCUT2D eigenvalue weighted by molar-refractivity contribution is -0.104. The van der Waals surface area contributed by atoms with Gasteiger partial charge in [-0.1, -0.05) is 23.8 Å². The highest BCUT2D eigenvalue weighted by Crippen LogP contribution is 2.15. The Labute approximate surface area is 140 Å². The maximum absolute atomic E-state index is 12.3. The van der Waals surface area contributed by atoms with Gasteiger partial charge in [0.25, 0.3) is 0 Å². The van der Waals surface area contributed by atoms with Gasteiger partial charge in [-0.3, -0.25) is 4.79 Å². The fourth-order valence-corrected chi connectivity index (χ4v) is 2.68. The topological polar surface area (TPSA) is 52.6 Å². The van der Waals surface area contributed by atoms with E-state index in [4.69, 9.17) is 9.47 Å². The van der Waals surface area contributed by atoms with Gasteiger partial charge in [0.15, 0.2) is 0 Å². The van der Waals surface area contributed by atoms with E-state index in [1.807, 2.05) is 31.2 Å². The number of aryl methyl sites for hydroxylation is 1. The van der Waals surface area contributed by atoms with Crippen LogP contribution < -0.4 is 0 Å². The lowest BCUT2D eigenvalue weighted by atomic mass is 10.1. The van der Waals surface area contributed by atoms with E-state index in [2.05, 4.69) is 6.58 Å². The number of carbonyl (C=O) groups excluding carboxylic acids is 1. The van der Waals surface area contributed by atoms with Gasteiger partial charge in [-0.25, -0.2) is 4.21 Å². The van der Waals surface area contributed by atoms with Crippen molar-refractivity contribution in [1.29, 1.82) is 0 Å². The maximum Gasteiger partial charge on any atom is 0.147 e. The molecule has 1 aromatic carbocycles. The zero-order valence-electron chi connectivity index (χ0n) is 13.4. The zero-order valence-corrected chi connectivity index (χ0v) is 14.3. The summed E-state index contributed by atoms with van der Waals surface area (Å²) in [6.07, 6.45) is 5.57. The number of aldehydes is 1. The summed E-state index contributed by atoms with van der Waals surface area (Å²) in [5.41, 5.74) is 1.73. The van der Waals surface area contributed by atoms with E-state index >= 15 is 0 Å².